The van der Waals surface area contributed by atoms with Crippen molar-refractivity contribution in [2.24, 2.45) is 0 Å². The van der Waals surface area contributed by atoms with Gasteiger partial charge >= 0.3 is 0 Å². The van der Waals surface area contributed by atoms with Gasteiger partial charge in [0.05, 0.1) is 5.92 Å². The van der Waals surface area contributed by atoms with Gasteiger partial charge in [0, 0.05) is 23.3 Å². The van der Waals surface area contributed by atoms with E-state index in [4.69, 9.17) is 4.74 Å². The summed E-state index contributed by atoms with van der Waals surface area (Å²) in [6.45, 7) is 0. The van der Waals surface area contributed by atoms with E-state index >= 15 is 0 Å². The van der Waals surface area contributed by atoms with E-state index in [0.29, 0.717) is 28.0 Å². The number of phenols is 6. The van der Waals surface area contributed by atoms with E-state index in [1.165, 1.54) is 36.4 Å². The summed E-state index contributed by atoms with van der Waals surface area (Å²) in [5, 5.41) is 60.9. The van der Waals surface area contributed by atoms with Crippen LogP contribution in [0.3, 0.4) is 0 Å². The highest BCUT2D eigenvalue weighted by Gasteiger charge is 2.40. The highest BCUT2D eigenvalue weighted by Crippen LogP contribution is 2.55. The second-order valence-corrected chi connectivity index (χ2v) is 8.42. The van der Waals surface area contributed by atoms with Gasteiger partial charge in [-0.15, -0.1) is 0 Å². The molecule has 35 heavy (non-hydrogen) atoms. The number of hydrogen-bond donors (Lipinski definition) is 6. The van der Waals surface area contributed by atoms with E-state index < -0.39 is 12.0 Å². The fraction of sp³-hybridized carbons (Fsp3) is 0.0714. The number of phenolic OH excluding ortho intramolecular Hbond substituents is 6. The minimum absolute atomic E-state index is 0.0542. The second-order valence-electron chi connectivity index (χ2n) is 8.42. The molecule has 1 heterocycles. The van der Waals surface area contributed by atoms with Crippen molar-refractivity contribution >= 4 is 12.2 Å². The normalized spacial score (nSPS) is 16.8. The SMILES string of the molecule is Oc1ccc(C=Cc2cc(O)c3c(c2)O[C@H](c2ccc(O)cc2O)[C@H]3c2cc(O)cc(O)c2)cc1. The fourth-order valence-corrected chi connectivity index (χ4v) is 4.43. The molecular weight excluding hydrogens is 448 g/mol. The zero-order chi connectivity index (χ0) is 24.7. The van der Waals surface area contributed by atoms with Crippen LogP contribution in [0.4, 0.5) is 0 Å². The summed E-state index contributed by atoms with van der Waals surface area (Å²) in [4.78, 5) is 0. The Hall–Kier alpha value is -4.78. The first-order chi connectivity index (χ1) is 16.8. The molecule has 0 saturated carbocycles. The molecule has 7 nitrogen and oxygen atoms in total. The van der Waals surface area contributed by atoms with Crippen LogP contribution in [0, 0.1) is 0 Å². The van der Waals surface area contributed by atoms with E-state index in [0.717, 1.165) is 5.56 Å². The van der Waals surface area contributed by atoms with Crippen LogP contribution in [0.5, 0.6) is 40.2 Å². The topological polar surface area (TPSA) is 131 Å². The van der Waals surface area contributed by atoms with Crippen molar-refractivity contribution in [1.29, 1.82) is 0 Å². The molecule has 0 spiro atoms. The van der Waals surface area contributed by atoms with Crippen LogP contribution >= 0.6 is 0 Å². The maximum absolute atomic E-state index is 11.0. The summed E-state index contributed by atoms with van der Waals surface area (Å²) in [5.41, 5.74) is 2.79. The molecule has 0 aliphatic carbocycles. The Kier molecular flexibility index (Phi) is 5.37. The van der Waals surface area contributed by atoms with Gasteiger partial charge < -0.3 is 35.4 Å². The van der Waals surface area contributed by atoms with Crippen LogP contribution in [-0.2, 0) is 0 Å². The molecule has 4 aromatic rings. The second kappa shape index (κ2) is 8.53. The van der Waals surface area contributed by atoms with Crippen molar-refractivity contribution in [2.75, 3.05) is 0 Å². The van der Waals surface area contributed by atoms with Gasteiger partial charge in [-0.3, -0.25) is 0 Å². The zero-order valence-corrected chi connectivity index (χ0v) is 18.3. The largest absolute Gasteiger partial charge is 0.508 e. The molecule has 1 aliphatic heterocycles. The molecule has 7 heteroatoms. The number of benzene rings is 4. The van der Waals surface area contributed by atoms with E-state index in [9.17, 15) is 30.6 Å². The molecule has 5 rings (SSSR count). The van der Waals surface area contributed by atoms with Crippen LogP contribution in [0.1, 0.15) is 39.8 Å². The van der Waals surface area contributed by atoms with Gasteiger partial charge in [0.25, 0.3) is 0 Å². The summed E-state index contributed by atoms with van der Waals surface area (Å²) in [5.74, 6) is -0.805. The lowest BCUT2D eigenvalue weighted by Gasteiger charge is -2.21. The van der Waals surface area contributed by atoms with E-state index in [1.807, 2.05) is 6.08 Å². The third kappa shape index (κ3) is 4.27. The van der Waals surface area contributed by atoms with Gasteiger partial charge in [-0.25, -0.2) is 0 Å². The lowest BCUT2D eigenvalue weighted by atomic mass is 9.84. The standard InChI is InChI=1S/C28H22O7/c29-18-5-3-15(4-6-18)1-2-16-9-24(34)27-25(10-16)35-28(22-8-7-19(30)14-23(22)33)26(27)17-11-20(31)13-21(32)12-17/h1-14,26,28-34H/t26-,28+/m0/s1. The Bertz CT molecular complexity index is 1420. The predicted octanol–water partition coefficient (Wildman–Crippen LogP) is 5.36. The van der Waals surface area contributed by atoms with E-state index in [1.54, 1.807) is 42.5 Å². The third-order valence-corrected chi connectivity index (χ3v) is 5.98. The molecule has 1 aliphatic rings. The van der Waals surface area contributed by atoms with Gasteiger partial charge in [-0.05, 0) is 65.2 Å². The van der Waals surface area contributed by atoms with Gasteiger partial charge in [0.1, 0.15) is 46.4 Å². The Morgan fingerprint density at radius 3 is 1.91 bits per heavy atom. The Labute approximate surface area is 200 Å². The molecule has 0 unspecified atom stereocenters. The molecule has 176 valence electrons. The molecule has 2 atom stereocenters. The summed E-state index contributed by atoms with van der Waals surface area (Å²) >= 11 is 0. The first-order valence-corrected chi connectivity index (χ1v) is 10.8. The van der Waals surface area contributed by atoms with Crippen LogP contribution in [0.2, 0.25) is 0 Å². The lowest BCUT2D eigenvalue weighted by Crippen LogP contribution is -2.11. The highest BCUT2D eigenvalue weighted by molar-refractivity contribution is 5.73. The fourth-order valence-electron chi connectivity index (χ4n) is 4.43. The molecule has 0 aromatic heterocycles. The maximum atomic E-state index is 11.0. The van der Waals surface area contributed by atoms with Crippen LogP contribution in [0.25, 0.3) is 12.2 Å². The Morgan fingerprint density at radius 2 is 1.23 bits per heavy atom. The summed E-state index contributed by atoms with van der Waals surface area (Å²) in [6.07, 6.45) is 2.80. The summed E-state index contributed by atoms with van der Waals surface area (Å²) in [7, 11) is 0. The third-order valence-electron chi connectivity index (χ3n) is 5.98. The minimum Gasteiger partial charge on any atom is -0.508 e. The molecule has 4 aromatic carbocycles. The monoisotopic (exact) mass is 470 g/mol. The molecule has 0 saturated heterocycles. The molecule has 0 fully saturated rings. The van der Waals surface area contributed by atoms with Crippen LogP contribution in [0.15, 0.2) is 72.8 Å². The summed E-state index contributed by atoms with van der Waals surface area (Å²) in [6, 6.07) is 18.3. The minimum atomic E-state index is -0.811. The Morgan fingerprint density at radius 1 is 0.571 bits per heavy atom. The van der Waals surface area contributed by atoms with Crippen molar-refractivity contribution in [2.45, 2.75) is 12.0 Å². The average molecular weight is 470 g/mol. The molecule has 0 radical (unpaired) electrons. The first-order valence-electron chi connectivity index (χ1n) is 10.8. The number of fused-ring (bicyclic) bond motifs is 1. The number of hydrogen-bond acceptors (Lipinski definition) is 7. The molecule has 0 bridgehead atoms. The molecule has 6 N–H and O–H groups in total. The smallest absolute Gasteiger partial charge is 0.138 e. The molecular formula is C28H22O7. The van der Waals surface area contributed by atoms with Crippen molar-refractivity contribution in [1.82, 2.24) is 0 Å². The number of ether oxygens (including phenoxy) is 1. The highest BCUT2D eigenvalue weighted by atomic mass is 16.5. The van der Waals surface area contributed by atoms with Crippen molar-refractivity contribution in [3.8, 4) is 40.2 Å². The van der Waals surface area contributed by atoms with E-state index in [-0.39, 0.29) is 34.5 Å². The van der Waals surface area contributed by atoms with Crippen LogP contribution < -0.4 is 4.74 Å². The molecule has 0 amide bonds. The van der Waals surface area contributed by atoms with Crippen molar-refractivity contribution in [3.63, 3.8) is 0 Å². The van der Waals surface area contributed by atoms with Gasteiger partial charge in [0.2, 0.25) is 0 Å². The van der Waals surface area contributed by atoms with Crippen molar-refractivity contribution in [3.05, 3.63) is 101 Å². The maximum Gasteiger partial charge on any atom is 0.138 e. The zero-order valence-electron chi connectivity index (χ0n) is 18.3. The average Bonchev–Trinajstić information content (AvgIpc) is 3.18. The van der Waals surface area contributed by atoms with Crippen LogP contribution in [-0.4, -0.2) is 30.6 Å². The number of rotatable bonds is 4. The summed E-state index contributed by atoms with van der Waals surface area (Å²) < 4.78 is 6.22. The number of aromatic hydroxyl groups is 6. The Balaban J connectivity index is 1.61. The van der Waals surface area contributed by atoms with Gasteiger partial charge in [-0.1, -0.05) is 24.3 Å². The van der Waals surface area contributed by atoms with E-state index in [2.05, 4.69) is 0 Å². The van der Waals surface area contributed by atoms with Gasteiger partial charge in [-0.2, -0.15) is 0 Å². The quantitative estimate of drug-likeness (QED) is 0.222. The van der Waals surface area contributed by atoms with Crippen molar-refractivity contribution < 1.29 is 35.4 Å². The lowest BCUT2D eigenvalue weighted by molar-refractivity contribution is 0.217. The predicted molar refractivity (Wildman–Crippen MR) is 130 cm³/mol. The first kappa shape index (κ1) is 22.0. The van der Waals surface area contributed by atoms with Gasteiger partial charge in [0.15, 0.2) is 0 Å².